The lowest BCUT2D eigenvalue weighted by Gasteiger charge is -2.55. The van der Waals surface area contributed by atoms with Gasteiger partial charge in [-0.2, -0.15) is 0 Å². The molecule has 2 aromatic rings. The second-order valence-electron chi connectivity index (χ2n) is 12.1. The summed E-state index contributed by atoms with van der Waals surface area (Å²) in [5.41, 5.74) is 1.90. The molecule has 1 N–H and O–H groups in total. The molecule has 3 unspecified atom stereocenters. The Morgan fingerprint density at radius 1 is 0.947 bits per heavy atom. The second-order valence-corrected chi connectivity index (χ2v) is 12.1. The fourth-order valence-corrected chi connectivity index (χ4v) is 8.38. The first kappa shape index (κ1) is 25.5. The van der Waals surface area contributed by atoms with Gasteiger partial charge in [-0.25, -0.2) is 4.98 Å². The number of hydrogen-bond acceptors (Lipinski definition) is 6. The first-order chi connectivity index (χ1) is 18.5. The molecule has 4 bridgehead atoms. The molecule has 2 saturated heterocycles. The van der Waals surface area contributed by atoms with Crippen LogP contribution in [0.25, 0.3) is 11.0 Å². The predicted octanol–water partition coefficient (Wildman–Crippen LogP) is 5.14. The fraction of sp³-hybridized carbons (Fsp3) is 0.667. The Balaban J connectivity index is 1.35. The van der Waals surface area contributed by atoms with Gasteiger partial charge in [-0.15, -0.1) is 0 Å². The van der Waals surface area contributed by atoms with Gasteiger partial charge in [0.05, 0.1) is 17.5 Å². The van der Waals surface area contributed by atoms with Crippen LogP contribution in [-0.4, -0.2) is 56.5 Å². The van der Waals surface area contributed by atoms with Crippen molar-refractivity contribution in [3.63, 3.8) is 0 Å². The summed E-state index contributed by atoms with van der Waals surface area (Å²) in [6.07, 6.45) is 14.0. The highest BCUT2D eigenvalue weighted by Crippen LogP contribution is 2.47. The van der Waals surface area contributed by atoms with Gasteiger partial charge in [-0.3, -0.25) is 14.5 Å². The number of carboxylic acids is 1. The Morgan fingerprint density at radius 2 is 1.63 bits per heavy atom. The molecule has 3 heterocycles. The average molecular weight is 521 g/mol. The minimum absolute atomic E-state index is 0.0899. The number of carbonyl (C=O) groups is 1. The zero-order valence-electron chi connectivity index (χ0n) is 22.4. The largest absolute Gasteiger partial charge is 0.481 e. The Bertz CT molecular complexity index is 1250. The lowest BCUT2D eigenvalue weighted by Crippen LogP contribution is -2.58. The molecule has 38 heavy (non-hydrogen) atoms. The maximum Gasteiger partial charge on any atom is 0.303 e. The van der Waals surface area contributed by atoms with E-state index in [0.717, 1.165) is 35.7 Å². The van der Waals surface area contributed by atoms with Crippen molar-refractivity contribution in [1.29, 1.82) is 0 Å². The van der Waals surface area contributed by atoms with Gasteiger partial charge >= 0.3 is 5.97 Å². The Labute approximate surface area is 224 Å². The van der Waals surface area contributed by atoms with Gasteiger partial charge in [0, 0.05) is 30.6 Å². The van der Waals surface area contributed by atoms with Crippen molar-refractivity contribution in [2.45, 2.75) is 108 Å². The number of para-hydroxylation sites is 2. The molecule has 0 spiro atoms. The van der Waals surface area contributed by atoms with Crippen molar-refractivity contribution in [3.8, 4) is 0 Å². The van der Waals surface area contributed by atoms with Gasteiger partial charge in [0.15, 0.2) is 5.69 Å². The summed E-state index contributed by atoms with van der Waals surface area (Å²) >= 11 is 0. The molecule has 204 valence electrons. The number of piperidine rings is 2. The van der Waals surface area contributed by atoms with Crippen LogP contribution in [0.1, 0.15) is 95.2 Å². The second kappa shape index (κ2) is 10.8. The normalized spacial score (nSPS) is 31.8. The zero-order chi connectivity index (χ0) is 26.2. The Kier molecular flexibility index (Phi) is 7.25. The fourth-order valence-electron chi connectivity index (χ4n) is 8.38. The van der Waals surface area contributed by atoms with E-state index in [1.54, 1.807) is 0 Å². The summed E-state index contributed by atoms with van der Waals surface area (Å²) in [4.78, 5) is 38.0. The van der Waals surface area contributed by atoms with Gasteiger partial charge in [0.2, 0.25) is 0 Å². The van der Waals surface area contributed by atoms with E-state index in [2.05, 4.69) is 15.0 Å². The summed E-state index contributed by atoms with van der Waals surface area (Å²) in [6.45, 7) is 0. The van der Waals surface area contributed by atoms with E-state index in [9.17, 15) is 14.7 Å². The van der Waals surface area contributed by atoms with E-state index in [1.807, 2.05) is 28.8 Å². The number of aliphatic carboxylic acids is 1. The molecule has 0 amide bonds. The van der Waals surface area contributed by atoms with Crippen LogP contribution < -0.4 is 5.56 Å². The molecular weight excluding hydrogens is 480 g/mol. The summed E-state index contributed by atoms with van der Waals surface area (Å²) in [5, 5.41) is 13.3. The SMILES string of the molecule is CO/N=C(\CCC(=O)O)c1nc2ccccc2n(C2C[C@H]3CCC[C@@H](C2)N3C2CC3CCCC(C3)C2)c1=O. The molecular formula is C30H40N4O4. The van der Waals surface area contributed by atoms with E-state index >= 15 is 0 Å². The Hall–Kier alpha value is -2.74. The van der Waals surface area contributed by atoms with E-state index in [-0.39, 0.29) is 30.1 Å². The summed E-state index contributed by atoms with van der Waals surface area (Å²) in [6, 6.07) is 9.62. The minimum Gasteiger partial charge on any atom is -0.481 e. The number of rotatable bonds is 7. The molecule has 4 fully saturated rings. The minimum atomic E-state index is -0.943. The van der Waals surface area contributed by atoms with Gasteiger partial charge < -0.3 is 14.5 Å². The summed E-state index contributed by atoms with van der Waals surface area (Å²) in [7, 11) is 1.41. The predicted molar refractivity (Wildman–Crippen MR) is 146 cm³/mol. The number of carboxylic acid groups (broad SMARTS) is 1. The molecule has 2 aliphatic heterocycles. The quantitative estimate of drug-likeness (QED) is 0.401. The molecule has 6 rings (SSSR count). The van der Waals surface area contributed by atoms with Crippen LogP contribution in [0.4, 0.5) is 0 Å². The van der Waals surface area contributed by atoms with Gasteiger partial charge in [-0.1, -0.05) is 43.0 Å². The van der Waals surface area contributed by atoms with Crippen molar-refractivity contribution in [3.05, 3.63) is 40.3 Å². The molecule has 2 saturated carbocycles. The van der Waals surface area contributed by atoms with Crippen LogP contribution in [0.5, 0.6) is 0 Å². The third-order valence-corrected chi connectivity index (χ3v) is 9.74. The van der Waals surface area contributed by atoms with Crippen molar-refractivity contribution in [1.82, 2.24) is 14.5 Å². The third-order valence-electron chi connectivity index (χ3n) is 9.74. The van der Waals surface area contributed by atoms with E-state index in [0.29, 0.717) is 23.8 Å². The molecule has 0 radical (unpaired) electrons. The van der Waals surface area contributed by atoms with Crippen LogP contribution in [-0.2, 0) is 9.63 Å². The lowest BCUT2D eigenvalue weighted by molar-refractivity contribution is -0.136. The number of benzene rings is 1. The monoisotopic (exact) mass is 520 g/mol. The molecule has 2 aliphatic carbocycles. The molecule has 8 nitrogen and oxygen atoms in total. The highest BCUT2D eigenvalue weighted by Gasteiger charge is 2.45. The number of hydrogen-bond donors (Lipinski definition) is 1. The standard InChI is InChI=1S/C30H40N4O4/c1-38-32-26(12-13-28(35)36)29-30(37)34(27-11-3-2-10-25(27)31-29)24-17-21-8-5-9-22(18-24)33(21)23-15-19-6-4-7-20(14-19)16-23/h2-3,10-11,19-24H,4-9,12-18H2,1H3,(H,35,36)/b32-26+/t19?,20?,21-,22+,23?,24?. The van der Waals surface area contributed by atoms with Crippen molar-refractivity contribution >= 4 is 22.7 Å². The number of aromatic nitrogens is 2. The topological polar surface area (TPSA) is 97.0 Å². The van der Waals surface area contributed by atoms with Gasteiger partial charge in [0.25, 0.3) is 5.56 Å². The van der Waals surface area contributed by atoms with Crippen molar-refractivity contribution in [2.75, 3.05) is 7.11 Å². The molecule has 1 aromatic carbocycles. The molecule has 5 atom stereocenters. The first-order valence-electron chi connectivity index (χ1n) is 14.6. The highest BCUT2D eigenvalue weighted by molar-refractivity contribution is 6.00. The van der Waals surface area contributed by atoms with Crippen molar-refractivity contribution < 1.29 is 14.7 Å². The van der Waals surface area contributed by atoms with Crippen LogP contribution in [0.2, 0.25) is 0 Å². The van der Waals surface area contributed by atoms with Gasteiger partial charge in [0.1, 0.15) is 12.8 Å². The van der Waals surface area contributed by atoms with E-state index < -0.39 is 5.97 Å². The average Bonchev–Trinajstić information content (AvgIpc) is 2.90. The zero-order valence-corrected chi connectivity index (χ0v) is 22.4. The van der Waals surface area contributed by atoms with Crippen molar-refractivity contribution in [2.24, 2.45) is 17.0 Å². The maximum atomic E-state index is 14.1. The number of oxime groups is 1. The van der Waals surface area contributed by atoms with Crippen LogP contribution >= 0.6 is 0 Å². The third kappa shape index (κ3) is 4.88. The maximum absolute atomic E-state index is 14.1. The molecule has 8 heteroatoms. The first-order valence-corrected chi connectivity index (χ1v) is 14.6. The molecule has 4 aliphatic rings. The Morgan fingerprint density at radius 3 is 2.32 bits per heavy atom. The highest BCUT2D eigenvalue weighted by atomic mass is 16.6. The number of nitrogens with zero attached hydrogens (tertiary/aromatic N) is 4. The van der Waals surface area contributed by atoms with E-state index in [1.165, 1.54) is 64.9 Å². The number of fused-ring (bicyclic) bond motifs is 5. The van der Waals surface area contributed by atoms with E-state index in [4.69, 9.17) is 4.84 Å². The van der Waals surface area contributed by atoms with Crippen LogP contribution in [0.3, 0.4) is 0 Å². The lowest BCUT2D eigenvalue weighted by atomic mass is 9.68. The molecule has 1 aromatic heterocycles. The smallest absolute Gasteiger partial charge is 0.303 e. The van der Waals surface area contributed by atoms with Gasteiger partial charge in [-0.05, 0) is 68.9 Å². The summed E-state index contributed by atoms with van der Waals surface area (Å²) < 4.78 is 1.96. The van der Waals surface area contributed by atoms with Crippen LogP contribution in [0, 0.1) is 11.8 Å². The van der Waals surface area contributed by atoms with Crippen LogP contribution in [0.15, 0.2) is 34.2 Å². The summed E-state index contributed by atoms with van der Waals surface area (Å²) in [5.74, 6) is 0.871.